The standard InChI is InChI=1S/C29H57N9O9/c1-29(43)12-44-28(22(41)25(29)34-2)47-24-19(38-26(42)20(39)5-6-36-37-13-31)9-17(33)23(21(24)40)46-27-18(4-3-16(10-30)45-27)35-11-14-7-15(32)8-14/h3,14-15,17-25,27-28,34-37,39-41,43H,4-13,30-33H2,1-2H3,(H,38,42)/t14?,15?,17-,18+,19+,20-,21-,22+,23?,24-,25+,27+,28+,29-/m0/s1. The van der Waals surface area contributed by atoms with Crippen LogP contribution in [0.4, 0.5) is 0 Å². The lowest BCUT2D eigenvalue weighted by molar-refractivity contribution is -0.304. The number of aliphatic hydroxyl groups excluding tert-OH is 3. The number of carbonyl (C=O) groups excluding carboxylic acids is 1. The number of nitrogens with one attached hydrogen (secondary N) is 5. The minimum absolute atomic E-state index is 0.0675. The molecule has 0 spiro atoms. The lowest BCUT2D eigenvalue weighted by atomic mass is 9.81. The third-order valence-electron chi connectivity index (χ3n) is 9.48. The zero-order valence-electron chi connectivity index (χ0n) is 27.3. The number of amides is 1. The average Bonchev–Trinajstić information content (AvgIpc) is 3.02. The number of hydrazine groups is 1. The fraction of sp³-hybridized carbons (Fsp3) is 0.897. The fourth-order valence-corrected chi connectivity index (χ4v) is 6.75. The van der Waals surface area contributed by atoms with E-state index in [4.69, 9.17) is 41.9 Å². The summed E-state index contributed by atoms with van der Waals surface area (Å²) in [5, 5.41) is 53.2. The third-order valence-corrected chi connectivity index (χ3v) is 9.48. The first-order valence-corrected chi connectivity index (χ1v) is 16.5. The molecular weight excluding hydrogens is 618 g/mol. The quantitative estimate of drug-likeness (QED) is 0.0412. The molecular formula is C29H57N9O9. The van der Waals surface area contributed by atoms with E-state index in [9.17, 15) is 25.2 Å². The second kappa shape index (κ2) is 17.4. The van der Waals surface area contributed by atoms with Crippen LogP contribution in [0.5, 0.6) is 0 Å². The normalized spacial score (nSPS) is 41.4. The van der Waals surface area contributed by atoms with Gasteiger partial charge in [-0.1, -0.05) is 0 Å². The summed E-state index contributed by atoms with van der Waals surface area (Å²) in [5.41, 5.74) is 27.9. The van der Waals surface area contributed by atoms with Crippen LogP contribution in [0.3, 0.4) is 0 Å². The van der Waals surface area contributed by atoms with Gasteiger partial charge >= 0.3 is 0 Å². The Kier molecular flexibility index (Phi) is 14.1. The van der Waals surface area contributed by atoms with Gasteiger partial charge in [-0.2, -0.15) is 0 Å². The van der Waals surface area contributed by atoms with Crippen molar-refractivity contribution in [1.29, 1.82) is 0 Å². The maximum Gasteiger partial charge on any atom is 0.249 e. The molecule has 18 nitrogen and oxygen atoms in total. The average molecular weight is 676 g/mol. The molecule has 12 atom stereocenters. The van der Waals surface area contributed by atoms with E-state index in [1.807, 2.05) is 6.08 Å². The SMILES string of the molecule is CN[C@@H]1[C@@H](O)[C@@H](O[C@H]2[C@H](NC(=O)[C@@H](O)CCNNCN)C[C@H](N)C(O[C@H]3OC(CN)=CC[C@H]3NCC3CC(N)C3)[C@@H]2O)OC[C@]1(C)O. The van der Waals surface area contributed by atoms with Gasteiger partial charge in [0.15, 0.2) is 6.29 Å². The van der Waals surface area contributed by atoms with Crippen LogP contribution in [0.15, 0.2) is 11.8 Å². The molecule has 17 N–H and O–H groups in total. The summed E-state index contributed by atoms with van der Waals surface area (Å²) in [4.78, 5) is 13.0. The molecule has 4 rings (SSSR count). The van der Waals surface area contributed by atoms with E-state index in [2.05, 4.69) is 26.8 Å². The minimum atomic E-state index is -1.44. The molecule has 1 amide bonds. The molecule has 2 aliphatic heterocycles. The maximum absolute atomic E-state index is 13.0. The van der Waals surface area contributed by atoms with E-state index in [1.54, 1.807) is 7.05 Å². The number of carbonyl (C=O) groups is 1. The van der Waals surface area contributed by atoms with Gasteiger partial charge in [0.1, 0.15) is 41.9 Å². The lowest BCUT2D eigenvalue weighted by Crippen LogP contribution is -2.69. The molecule has 0 bridgehead atoms. The van der Waals surface area contributed by atoms with Gasteiger partial charge in [-0.15, -0.1) is 0 Å². The van der Waals surface area contributed by atoms with E-state index in [0.717, 1.165) is 19.4 Å². The Bertz CT molecular complexity index is 1020. The molecule has 18 heteroatoms. The zero-order valence-corrected chi connectivity index (χ0v) is 27.3. The van der Waals surface area contributed by atoms with Crippen molar-refractivity contribution in [2.75, 3.05) is 40.0 Å². The van der Waals surface area contributed by atoms with Crippen LogP contribution in [-0.2, 0) is 23.7 Å². The van der Waals surface area contributed by atoms with Gasteiger partial charge in [0.2, 0.25) is 12.2 Å². The molecule has 3 fully saturated rings. The summed E-state index contributed by atoms with van der Waals surface area (Å²) in [6.07, 6.45) is -4.05. The van der Waals surface area contributed by atoms with Gasteiger partial charge < -0.3 is 78.3 Å². The Morgan fingerprint density at radius 1 is 1.09 bits per heavy atom. The molecule has 47 heavy (non-hydrogen) atoms. The first-order chi connectivity index (χ1) is 22.4. The van der Waals surface area contributed by atoms with E-state index in [0.29, 0.717) is 18.1 Å². The van der Waals surface area contributed by atoms with Crippen LogP contribution in [0, 0.1) is 5.92 Å². The summed E-state index contributed by atoms with van der Waals surface area (Å²) in [5.74, 6) is 0.290. The number of rotatable bonds is 16. The number of hydrogen-bond acceptors (Lipinski definition) is 17. The fourth-order valence-electron chi connectivity index (χ4n) is 6.75. The summed E-state index contributed by atoms with van der Waals surface area (Å²) in [6, 6.07) is -2.58. The van der Waals surface area contributed by atoms with Crippen LogP contribution in [-0.4, -0.2) is 145 Å². The number of likely N-dealkylation sites (N-methyl/N-ethyl adjacent to an activating group) is 1. The molecule has 272 valence electrons. The van der Waals surface area contributed by atoms with E-state index < -0.39 is 72.7 Å². The number of ether oxygens (including phenoxy) is 4. The minimum Gasteiger partial charge on any atom is -0.467 e. The molecule has 2 heterocycles. The summed E-state index contributed by atoms with van der Waals surface area (Å²) in [6.45, 7) is 2.66. The number of hydrogen-bond donors (Lipinski definition) is 13. The van der Waals surface area contributed by atoms with Gasteiger partial charge in [0.05, 0.1) is 37.9 Å². The van der Waals surface area contributed by atoms with Crippen molar-refractivity contribution in [3.05, 3.63) is 11.8 Å². The molecule has 0 aromatic heterocycles. The molecule has 0 aromatic rings. The Hall–Kier alpha value is -1.59. The molecule has 1 unspecified atom stereocenters. The van der Waals surface area contributed by atoms with Crippen molar-refractivity contribution < 1.29 is 44.2 Å². The van der Waals surface area contributed by atoms with Crippen LogP contribution in [0.25, 0.3) is 0 Å². The van der Waals surface area contributed by atoms with Gasteiger partial charge in [-0.3, -0.25) is 10.2 Å². The smallest absolute Gasteiger partial charge is 0.249 e. The maximum atomic E-state index is 13.0. The summed E-state index contributed by atoms with van der Waals surface area (Å²) < 4.78 is 24.4. The van der Waals surface area contributed by atoms with Crippen molar-refractivity contribution in [2.24, 2.45) is 28.9 Å². The van der Waals surface area contributed by atoms with E-state index in [-0.39, 0.29) is 51.3 Å². The largest absolute Gasteiger partial charge is 0.467 e. The number of nitrogens with two attached hydrogens (primary N) is 4. The van der Waals surface area contributed by atoms with Crippen LogP contribution in [0.1, 0.15) is 39.0 Å². The molecule has 0 aromatic carbocycles. The summed E-state index contributed by atoms with van der Waals surface area (Å²) in [7, 11) is 1.59. The summed E-state index contributed by atoms with van der Waals surface area (Å²) >= 11 is 0. The third kappa shape index (κ3) is 9.77. The Labute approximate surface area is 275 Å². The predicted molar refractivity (Wildman–Crippen MR) is 169 cm³/mol. The lowest BCUT2D eigenvalue weighted by Gasteiger charge is -2.49. The molecule has 1 saturated heterocycles. The van der Waals surface area contributed by atoms with Crippen molar-refractivity contribution in [2.45, 2.75) is 118 Å². The first-order valence-electron chi connectivity index (χ1n) is 16.5. The Balaban J connectivity index is 1.50. The topological polar surface area (TPSA) is 299 Å². The van der Waals surface area contributed by atoms with Gasteiger partial charge in [-0.05, 0) is 64.6 Å². The van der Waals surface area contributed by atoms with Gasteiger partial charge in [0.25, 0.3) is 0 Å². The van der Waals surface area contributed by atoms with Crippen LogP contribution in [0.2, 0.25) is 0 Å². The second-order valence-electron chi connectivity index (χ2n) is 13.3. The van der Waals surface area contributed by atoms with Crippen LogP contribution >= 0.6 is 0 Å². The predicted octanol–water partition coefficient (Wildman–Crippen LogP) is -5.56. The van der Waals surface area contributed by atoms with Gasteiger partial charge in [0, 0.05) is 18.6 Å². The van der Waals surface area contributed by atoms with E-state index in [1.165, 1.54) is 6.92 Å². The van der Waals surface area contributed by atoms with Gasteiger partial charge in [-0.25, -0.2) is 5.43 Å². The highest BCUT2D eigenvalue weighted by molar-refractivity contribution is 5.80. The Morgan fingerprint density at radius 3 is 2.47 bits per heavy atom. The first kappa shape index (κ1) is 38.2. The Morgan fingerprint density at radius 2 is 1.81 bits per heavy atom. The van der Waals surface area contributed by atoms with Crippen molar-refractivity contribution >= 4 is 5.91 Å². The highest BCUT2D eigenvalue weighted by Crippen LogP contribution is 2.33. The monoisotopic (exact) mass is 675 g/mol. The second-order valence-corrected chi connectivity index (χ2v) is 13.3. The highest BCUT2D eigenvalue weighted by atomic mass is 16.7. The molecule has 2 aliphatic carbocycles. The van der Waals surface area contributed by atoms with Crippen LogP contribution < -0.4 is 49.7 Å². The molecule has 0 radical (unpaired) electrons. The molecule has 4 aliphatic rings. The molecule has 2 saturated carbocycles. The number of aliphatic hydroxyl groups is 4. The van der Waals surface area contributed by atoms with Crippen molar-refractivity contribution in [3.8, 4) is 0 Å². The zero-order chi connectivity index (χ0) is 34.3. The highest BCUT2D eigenvalue weighted by Gasteiger charge is 2.52. The van der Waals surface area contributed by atoms with Crippen molar-refractivity contribution in [1.82, 2.24) is 26.8 Å². The van der Waals surface area contributed by atoms with Crippen molar-refractivity contribution in [3.63, 3.8) is 0 Å². The van der Waals surface area contributed by atoms with E-state index >= 15 is 0 Å².